The molecule has 0 unspecified atom stereocenters. The Hall–Kier alpha value is -3.50. The molecule has 3 heterocycles. The van der Waals surface area contributed by atoms with Crippen molar-refractivity contribution in [2.24, 2.45) is 0 Å². The van der Waals surface area contributed by atoms with Gasteiger partial charge in [-0.25, -0.2) is 0 Å². The Morgan fingerprint density at radius 2 is 1.52 bits per heavy atom. The van der Waals surface area contributed by atoms with Crippen LogP contribution in [0.2, 0.25) is 0 Å². The predicted molar refractivity (Wildman–Crippen MR) is 121 cm³/mol. The van der Waals surface area contributed by atoms with Crippen LogP contribution in [0.1, 0.15) is 5.56 Å². The van der Waals surface area contributed by atoms with E-state index >= 15 is 0 Å². The first-order valence-corrected chi connectivity index (χ1v) is 10.2. The Kier molecular flexibility index (Phi) is 4.34. The molecule has 0 saturated heterocycles. The van der Waals surface area contributed by atoms with Gasteiger partial charge in [0.1, 0.15) is 4.83 Å². The maximum absolute atomic E-state index is 12.5. The number of H-pyrrole nitrogens is 1. The lowest BCUT2D eigenvalue weighted by atomic mass is 10.0. The van der Waals surface area contributed by atoms with Crippen molar-refractivity contribution in [1.29, 1.82) is 0 Å². The topological polar surface area (TPSA) is 45.8 Å². The van der Waals surface area contributed by atoms with Crippen molar-refractivity contribution in [3.8, 4) is 32.7 Å². The monoisotopic (exact) mass is 394 g/mol. The molecule has 3 nitrogen and oxygen atoms in total. The molecular formula is C25H18N2OS. The van der Waals surface area contributed by atoms with E-state index in [0.29, 0.717) is 5.56 Å². The maximum atomic E-state index is 12.5. The van der Waals surface area contributed by atoms with Crippen molar-refractivity contribution in [3.63, 3.8) is 0 Å². The number of aryl methyl sites for hydroxylation is 1. The number of rotatable bonds is 3. The number of hydrogen-bond donors (Lipinski definition) is 1. The Morgan fingerprint density at radius 3 is 2.21 bits per heavy atom. The van der Waals surface area contributed by atoms with E-state index in [-0.39, 0.29) is 5.56 Å². The van der Waals surface area contributed by atoms with Crippen LogP contribution in [0.4, 0.5) is 0 Å². The van der Waals surface area contributed by atoms with Crippen LogP contribution in [0.5, 0.6) is 0 Å². The SMILES string of the molecule is Cc1ccc(-c2ccc(-c3cc4cc(-c5cccnc5)c(=O)[nH]c4s3)cc2)cc1. The summed E-state index contributed by atoms with van der Waals surface area (Å²) in [6, 6.07) is 25.0. The van der Waals surface area contributed by atoms with Gasteiger partial charge in [0.2, 0.25) is 0 Å². The van der Waals surface area contributed by atoms with Crippen molar-refractivity contribution in [2.45, 2.75) is 6.92 Å². The zero-order chi connectivity index (χ0) is 19.8. The first-order valence-electron chi connectivity index (χ1n) is 9.42. The Bertz CT molecular complexity index is 1350. The van der Waals surface area contributed by atoms with E-state index in [1.165, 1.54) is 16.7 Å². The Balaban J connectivity index is 1.52. The molecule has 0 aliphatic carbocycles. The lowest BCUT2D eigenvalue weighted by Crippen LogP contribution is -2.07. The van der Waals surface area contributed by atoms with Crippen LogP contribution in [0.15, 0.2) is 90.0 Å². The fraction of sp³-hybridized carbons (Fsp3) is 0.0400. The molecular weight excluding hydrogens is 376 g/mol. The number of fused-ring (bicyclic) bond motifs is 1. The van der Waals surface area contributed by atoms with E-state index < -0.39 is 0 Å². The molecule has 1 N–H and O–H groups in total. The van der Waals surface area contributed by atoms with Crippen molar-refractivity contribution in [1.82, 2.24) is 9.97 Å². The number of hydrogen-bond acceptors (Lipinski definition) is 3. The molecule has 0 spiro atoms. The number of nitrogens with zero attached hydrogens (tertiary/aromatic N) is 1. The summed E-state index contributed by atoms with van der Waals surface area (Å²) in [5, 5.41) is 1.03. The van der Waals surface area contributed by atoms with Crippen LogP contribution < -0.4 is 5.56 Å². The van der Waals surface area contributed by atoms with Gasteiger partial charge in [0.25, 0.3) is 5.56 Å². The summed E-state index contributed by atoms with van der Waals surface area (Å²) < 4.78 is 0. The molecule has 4 heteroatoms. The predicted octanol–water partition coefficient (Wildman–Crippen LogP) is 6.29. The first-order chi connectivity index (χ1) is 14.2. The van der Waals surface area contributed by atoms with E-state index in [4.69, 9.17) is 0 Å². The van der Waals surface area contributed by atoms with Crippen molar-refractivity contribution < 1.29 is 0 Å². The van der Waals surface area contributed by atoms with Gasteiger partial charge in [-0.1, -0.05) is 60.2 Å². The largest absolute Gasteiger partial charge is 0.313 e. The molecule has 0 fully saturated rings. The number of benzene rings is 2. The number of aromatic amines is 1. The lowest BCUT2D eigenvalue weighted by Gasteiger charge is -2.04. The summed E-state index contributed by atoms with van der Waals surface area (Å²) in [4.78, 5) is 21.7. The summed E-state index contributed by atoms with van der Waals surface area (Å²) in [5.41, 5.74) is 6.19. The summed E-state index contributed by atoms with van der Waals surface area (Å²) >= 11 is 1.60. The van der Waals surface area contributed by atoms with E-state index in [2.05, 4.69) is 71.5 Å². The van der Waals surface area contributed by atoms with Crippen molar-refractivity contribution >= 4 is 21.6 Å². The second kappa shape index (κ2) is 7.15. The second-order valence-electron chi connectivity index (χ2n) is 7.09. The maximum Gasteiger partial charge on any atom is 0.256 e. The molecule has 0 radical (unpaired) electrons. The molecule has 3 aromatic heterocycles. The van der Waals surface area contributed by atoms with Crippen molar-refractivity contribution in [3.05, 3.63) is 101 Å². The van der Waals surface area contributed by atoms with Gasteiger partial charge in [-0.3, -0.25) is 9.78 Å². The number of thiophene rings is 1. The van der Waals surface area contributed by atoms with Gasteiger partial charge in [-0.2, -0.15) is 0 Å². The minimum atomic E-state index is -0.0892. The van der Waals surface area contributed by atoms with Gasteiger partial charge in [-0.05, 0) is 41.8 Å². The summed E-state index contributed by atoms with van der Waals surface area (Å²) in [6.45, 7) is 2.10. The van der Waals surface area contributed by atoms with E-state index in [1.54, 1.807) is 23.7 Å². The summed E-state index contributed by atoms with van der Waals surface area (Å²) in [5.74, 6) is 0. The highest BCUT2D eigenvalue weighted by molar-refractivity contribution is 7.21. The molecule has 5 rings (SSSR count). The van der Waals surface area contributed by atoms with Crippen LogP contribution in [0.25, 0.3) is 42.9 Å². The molecule has 29 heavy (non-hydrogen) atoms. The van der Waals surface area contributed by atoms with E-state index in [0.717, 1.165) is 26.2 Å². The molecule has 0 atom stereocenters. The molecule has 5 aromatic rings. The first kappa shape index (κ1) is 17.6. The molecule has 140 valence electrons. The average molecular weight is 394 g/mol. The smallest absolute Gasteiger partial charge is 0.256 e. The third-order valence-electron chi connectivity index (χ3n) is 5.06. The molecule has 0 bridgehead atoms. The second-order valence-corrected chi connectivity index (χ2v) is 8.14. The normalized spacial score (nSPS) is 11.1. The fourth-order valence-corrected chi connectivity index (χ4v) is 4.49. The molecule has 0 saturated carbocycles. The van der Waals surface area contributed by atoms with Crippen LogP contribution in [0, 0.1) is 6.92 Å². The van der Waals surface area contributed by atoms with Gasteiger partial charge in [-0.15, -0.1) is 11.3 Å². The van der Waals surface area contributed by atoms with Crippen LogP contribution in [0.3, 0.4) is 0 Å². The van der Waals surface area contributed by atoms with Gasteiger partial charge in [0.15, 0.2) is 0 Å². The van der Waals surface area contributed by atoms with Gasteiger partial charge in [0.05, 0.1) is 0 Å². The van der Waals surface area contributed by atoms with Crippen LogP contribution in [-0.2, 0) is 0 Å². The van der Waals surface area contributed by atoms with Crippen molar-refractivity contribution in [2.75, 3.05) is 0 Å². The third kappa shape index (κ3) is 3.39. The number of pyridine rings is 2. The summed E-state index contributed by atoms with van der Waals surface area (Å²) in [7, 11) is 0. The third-order valence-corrected chi connectivity index (χ3v) is 6.17. The van der Waals surface area contributed by atoms with Crippen LogP contribution >= 0.6 is 11.3 Å². The van der Waals surface area contributed by atoms with Gasteiger partial charge in [0, 0.05) is 33.8 Å². The van der Waals surface area contributed by atoms with E-state index in [1.807, 2.05) is 18.2 Å². The zero-order valence-electron chi connectivity index (χ0n) is 15.8. The van der Waals surface area contributed by atoms with E-state index in [9.17, 15) is 4.79 Å². The highest BCUT2D eigenvalue weighted by Crippen LogP contribution is 2.34. The van der Waals surface area contributed by atoms with Gasteiger partial charge >= 0.3 is 0 Å². The number of nitrogens with one attached hydrogen (secondary N) is 1. The molecule has 0 aliphatic rings. The van der Waals surface area contributed by atoms with Gasteiger partial charge < -0.3 is 4.98 Å². The lowest BCUT2D eigenvalue weighted by molar-refractivity contribution is 1.29. The highest BCUT2D eigenvalue weighted by Gasteiger charge is 2.10. The highest BCUT2D eigenvalue weighted by atomic mass is 32.1. The quantitative estimate of drug-likeness (QED) is 0.391. The standard InChI is InChI=1S/C25H18N2OS/c1-16-4-6-17(7-5-16)18-8-10-19(11-9-18)23-14-21-13-22(20-3-2-12-26-15-20)24(28)27-25(21)29-23/h2-15H,1H3,(H,27,28). The Labute approximate surface area is 172 Å². The zero-order valence-corrected chi connectivity index (χ0v) is 16.7. The molecule has 0 amide bonds. The summed E-state index contributed by atoms with van der Waals surface area (Å²) in [6.07, 6.45) is 3.42. The minimum Gasteiger partial charge on any atom is -0.313 e. The fourth-order valence-electron chi connectivity index (χ4n) is 3.45. The average Bonchev–Trinajstić information content (AvgIpc) is 3.17. The number of aromatic nitrogens is 2. The molecule has 0 aliphatic heterocycles. The minimum absolute atomic E-state index is 0.0892. The Morgan fingerprint density at radius 1 is 0.828 bits per heavy atom. The van der Waals surface area contributed by atoms with Crippen LogP contribution in [-0.4, -0.2) is 9.97 Å². The molecule has 2 aromatic carbocycles.